The molecule has 0 atom stereocenters. The topological polar surface area (TPSA) is 58.4 Å². The number of carbonyl (C=O) groups is 1. The molecule has 0 saturated carbocycles. The molecule has 20 heavy (non-hydrogen) atoms. The van der Waals surface area contributed by atoms with Gasteiger partial charge in [0.05, 0.1) is 19.2 Å². The minimum atomic E-state index is -0.568. The molecule has 0 radical (unpaired) electrons. The highest BCUT2D eigenvalue weighted by atomic mass is 79.9. The standard InChI is InChI=1S/C12H15Br2N3OS2/c1-17-4-2-12(3-5-17,11(15)19)16-10(18)8-6-7(13)9(14)20-8/h6H,2-5H2,1H3,(H2,15,19)(H,16,18). The number of thiocarbonyl (C=S) groups is 1. The van der Waals surface area contributed by atoms with Gasteiger partial charge in [-0.2, -0.15) is 0 Å². The Morgan fingerprint density at radius 1 is 1.50 bits per heavy atom. The molecule has 1 saturated heterocycles. The van der Waals surface area contributed by atoms with E-state index in [1.807, 2.05) is 0 Å². The van der Waals surface area contributed by atoms with Crippen LogP contribution in [0.5, 0.6) is 0 Å². The van der Waals surface area contributed by atoms with Crippen LogP contribution in [0.4, 0.5) is 0 Å². The maximum atomic E-state index is 12.4. The molecule has 8 heteroatoms. The third kappa shape index (κ3) is 3.41. The van der Waals surface area contributed by atoms with Gasteiger partial charge in [-0.1, -0.05) is 12.2 Å². The molecule has 0 bridgehead atoms. The van der Waals surface area contributed by atoms with Crippen molar-refractivity contribution in [2.45, 2.75) is 18.4 Å². The number of rotatable bonds is 3. The Morgan fingerprint density at radius 3 is 2.55 bits per heavy atom. The average molecular weight is 441 g/mol. The number of hydrogen-bond donors (Lipinski definition) is 2. The number of hydrogen-bond acceptors (Lipinski definition) is 4. The highest BCUT2D eigenvalue weighted by Gasteiger charge is 2.38. The van der Waals surface area contributed by atoms with Crippen LogP contribution in [0.25, 0.3) is 0 Å². The Morgan fingerprint density at radius 2 is 2.10 bits per heavy atom. The van der Waals surface area contributed by atoms with Crippen LogP contribution in [-0.2, 0) is 0 Å². The van der Waals surface area contributed by atoms with Crippen molar-refractivity contribution >= 4 is 66.3 Å². The van der Waals surface area contributed by atoms with Crippen molar-refractivity contribution in [2.24, 2.45) is 5.73 Å². The van der Waals surface area contributed by atoms with E-state index in [2.05, 4.69) is 49.1 Å². The van der Waals surface area contributed by atoms with Crippen molar-refractivity contribution < 1.29 is 4.79 Å². The normalized spacial score (nSPS) is 18.8. The molecule has 1 fully saturated rings. The molecule has 2 heterocycles. The minimum absolute atomic E-state index is 0.126. The van der Waals surface area contributed by atoms with Gasteiger partial charge in [-0.15, -0.1) is 11.3 Å². The van der Waals surface area contributed by atoms with Gasteiger partial charge in [0, 0.05) is 17.6 Å². The van der Waals surface area contributed by atoms with Crippen molar-refractivity contribution in [2.75, 3.05) is 20.1 Å². The summed E-state index contributed by atoms with van der Waals surface area (Å²) < 4.78 is 1.77. The lowest BCUT2D eigenvalue weighted by molar-refractivity contribution is 0.0894. The summed E-state index contributed by atoms with van der Waals surface area (Å²) in [6.45, 7) is 1.74. The Kier molecular flexibility index (Phi) is 5.23. The Balaban J connectivity index is 2.16. The van der Waals surface area contributed by atoms with E-state index in [0.717, 1.165) is 34.2 Å². The van der Waals surface area contributed by atoms with E-state index in [1.165, 1.54) is 11.3 Å². The number of likely N-dealkylation sites (tertiary alicyclic amines) is 1. The lowest BCUT2D eigenvalue weighted by atomic mass is 9.87. The number of carbonyl (C=O) groups excluding carboxylic acids is 1. The van der Waals surface area contributed by atoms with Crippen LogP contribution in [-0.4, -0.2) is 41.5 Å². The van der Waals surface area contributed by atoms with Gasteiger partial charge in [0.2, 0.25) is 0 Å². The van der Waals surface area contributed by atoms with Gasteiger partial charge in [0.15, 0.2) is 0 Å². The first kappa shape index (κ1) is 16.4. The first-order valence-corrected chi connectivity index (χ1v) is 8.91. The fourth-order valence-corrected chi connectivity index (χ4v) is 4.36. The molecule has 1 amide bonds. The van der Waals surface area contributed by atoms with Crippen LogP contribution in [0.1, 0.15) is 22.5 Å². The fourth-order valence-electron chi connectivity index (χ4n) is 2.17. The summed E-state index contributed by atoms with van der Waals surface area (Å²) in [6.07, 6.45) is 1.50. The highest BCUT2D eigenvalue weighted by Crippen LogP contribution is 2.33. The number of nitrogens with one attached hydrogen (secondary N) is 1. The number of piperidine rings is 1. The molecule has 2 rings (SSSR count). The maximum Gasteiger partial charge on any atom is 0.262 e. The van der Waals surface area contributed by atoms with Crippen molar-refractivity contribution in [3.63, 3.8) is 0 Å². The molecular weight excluding hydrogens is 426 g/mol. The Bertz CT molecular complexity index is 519. The summed E-state index contributed by atoms with van der Waals surface area (Å²) in [7, 11) is 2.05. The molecule has 1 aliphatic heterocycles. The number of nitrogens with zero attached hydrogens (tertiary/aromatic N) is 1. The van der Waals surface area contributed by atoms with Gasteiger partial charge in [-0.05, 0) is 57.8 Å². The van der Waals surface area contributed by atoms with Crippen LogP contribution in [0, 0.1) is 0 Å². The Labute approximate surface area is 144 Å². The first-order chi connectivity index (χ1) is 9.34. The molecule has 0 unspecified atom stereocenters. The van der Waals surface area contributed by atoms with Gasteiger partial charge < -0.3 is 16.0 Å². The van der Waals surface area contributed by atoms with Crippen LogP contribution >= 0.6 is 55.4 Å². The molecule has 4 nitrogen and oxygen atoms in total. The highest BCUT2D eigenvalue weighted by molar-refractivity contribution is 9.13. The molecule has 1 aromatic rings. The molecular formula is C12H15Br2N3OS2. The zero-order valence-corrected chi connectivity index (χ0v) is 15.7. The summed E-state index contributed by atoms with van der Waals surface area (Å²) in [4.78, 5) is 15.6. The van der Waals surface area contributed by atoms with Crippen molar-refractivity contribution in [1.82, 2.24) is 10.2 Å². The van der Waals surface area contributed by atoms with E-state index in [-0.39, 0.29) is 5.91 Å². The minimum Gasteiger partial charge on any atom is -0.391 e. The van der Waals surface area contributed by atoms with E-state index < -0.39 is 5.54 Å². The largest absolute Gasteiger partial charge is 0.391 e. The van der Waals surface area contributed by atoms with Crippen molar-refractivity contribution in [1.29, 1.82) is 0 Å². The third-order valence-electron chi connectivity index (χ3n) is 3.53. The second-order valence-corrected chi connectivity index (χ2v) is 8.60. The van der Waals surface area contributed by atoms with Crippen LogP contribution in [0.3, 0.4) is 0 Å². The van der Waals surface area contributed by atoms with Crippen LogP contribution in [0.2, 0.25) is 0 Å². The van der Waals surface area contributed by atoms with Crippen molar-refractivity contribution in [3.8, 4) is 0 Å². The van der Waals surface area contributed by atoms with E-state index in [0.29, 0.717) is 9.87 Å². The van der Waals surface area contributed by atoms with Crippen LogP contribution in [0.15, 0.2) is 14.3 Å². The van der Waals surface area contributed by atoms with Gasteiger partial charge in [0.25, 0.3) is 5.91 Å². The average Bonchev–Trinajstić information content (AvgIpc) is 2.72. The van der Waals surface area contributed by atoms with Gasteiger partial charge in [0.1, 0.15) is 0 Å². The molecule has 1 aromatic heterocycles. The molecule has 1 aliphatic rings. The van der Waals surface area contributed by atoms with E-state index in [1.54, 1.807) is 6.07 Å². The molecule has 110 valence electrons. The smallest absolute Gasteiger partial charge is 0.262 e. The van der Waals surface area contributed by atoms with E-state index in [9.17, 15) is 4.79 Å². The summed E-state index contributed by atoms with van der Waals surface area (Å²) in [5.74, 6) is -0.126. The summed E-state index contributed by atoms with van der Waals surface area (Å²) in [6, 6.07) is 1.80. The van der Waals surface area contributed by atoms with Crippen LogP contribution < -0.4 is 11.1 Å². The lowest BCUT2D eigenvalue weighted by Crippen LogP contribution is -2.61. The fraction of sp³-hybridized carbons (Fsp3) is 0.500. The SMILES string of the molecule is CN1CCC(NC(=O)c2cc(Br)c(Br)s2)(C(N)=S)CC1. The zero-order chi connectivity index (χ0) is 14.9. The summed E-state index contributed by atoms with van der Waals surface area (Å²) >= 11 is 13.4. The summed E-state index contributed by atoms with van der Waals surface area (Å²) in [5.41, 5.74) is 5.32. The second kappa shape index (κ2) is 6.39. The van der Waals surface area contributed by atoms with E-state index >= 15 is 0 Å². The predicted molar refractivity (Wildman–Crippen MR) is 93.4 cm³/mol. The number of nitrogens with two attached hydrogens (primary N) is 1. The lowest BCUT2D eigenvalue weighted by Gasteiger charge is -2.40. The first-order valence-electron chi connectivity index (χ1n) is 6.10. The number of thiophene rings is 1. The maximum absolute atomic E-state index is 12.4. The number of halogens is 2. The summed E-state index contributed by atoms with van der Waals surface area (Å²) in [5, 5.41) is 3.05. The van der Waals surface area contributed by atoms with Gasteiger partial charge in [-0.3, -0.25) is 4.79 Å². The second-order valence-electron chi connectivity index (χ2n) is 4.94. The van der Waals surface area contributed by atoms with Gasteiger partial charge >= 0.3 is 0 Å². The number of amides is 1. The molecule has 0 aromatic carbocycles. The molecule has 3 N–H and O–H groups in total. The monoisotopic (exact) mass is 439 g/mol. The third-order valence-corrected chi connectivity index (χ3v) is 7.18. The van der Waals surface area contributed by atoms with Crippen molar-refractivity contribution in [3.05, 3.63) is 19.2 Å². The van der Waals surface area contributed by atoms with Gasteiger partial charge in [-0.25, -0.2) is 0 Å². The Hall–Kier alpha value is -0.0200. The van der Waals surface area contributed by atoms with E-state index in [4.69, 9.17) is 18.0 Å². The molecule has 0 aliphatic carbocycles. The predicted octanol–water partition coefficient (Wildman–Crippen LogP) is 2.75. The zero-order valence-electron chi connectivity index (χ0n) is 10.9. The quantitative estimate of drug-likeness (QED) is 0.709. The molecule has 0 spiro atoms.